The topological polar surface area (TPSA) is 78.4 Å². The normalized spacial score (nSPS) is 11.1. The van der Waals surface area contributed by atoms with Gasteiger partial charge in [0.05, 0.1) is 17.0 Å². The smallest absolute Gasteiger partial charge is 0.229 e. The molecule has 0 aliphatic rings. The molecule has 0 aliphatic heterocycles. The Morgan fingerprint density at radius 3 is 2.52 bits per heavy atom. The third-order valence-electron chi connectivity index (χ3n) is 2.74. The van der Waals surface area contributed by atoms with E-state index in [0.29, 0.717) is 17.3 Å². The highest BCUT2D eigenvalue weighted by Crippen LogP contribution is 2.27. The molecule has 0 fully saturated rings. The van der Waals surface area contributed by atoms with E-state index in [1.807, 2.05) is 12.1 Å². The Kier molecular flexibility index (Phi) is 4.59. The highest BCUT2D eigenvalue weighted by atomic mass is 35.5. The zero-order valence-corrected chi connectivity index (χ0v) is 12.9. The molecule has 112 valence electrons. The summed E-state index contributed by atoms with van der Waals surface area (Å²) in [7, 11) is -3.36. The number of phenols is 1. The Morgan fingerprint density at radius 2 is 1.90 bits per heavy atom. The lowest BCUT2D eigenvalue weighted by molar-refractivity contribution is 0.469. The molecule has 3 N–H and O–H groups in total. The van der Waals surface area contributed by atoms with Crippen molar-refractivity contribution in [3.05, 3.63) is 53.1 Å². The molecule has 0 heterocycles. The summed E-state index contributed by atoms with van der Waals surface area (Å²) in [5.41, 5.74) is 1.81. The summed E-state index contributed by atoms with van der Waals surface area (Å²) in [6.45, 7) is 0.432. The van der Waals surface area contributed by atoms with E-state index in [4.69, 9.17) is 11.6 Å². The van der Waals surface area contributed by atoms with E-state index in [1.165, 1.54) is 0 Å². The van der Waals surface area contributed by atoms with Gasteiger partial charge in [-0.1, -0.05) is 29.8 Å². The summed E-state index contributed by atoms with van der Waals surface area (Å²) >= 11 is 6.03. The van der Waals surface area contributed by atoms with Crippen LogP contribution in [0.25, 0.3) is 0 Å². The zero-order chi connectivity index (χ0) is 15.5. The second kappa shape index (κ2) is 6.24. The van der Waals surface area contributed by atoms with E-state index < -0.39 is 10.0 Å². The number of phenolic OH excluding ortho intramolecular Hbond substituents is 1. The molecule has 0 aromatic heterocycles. The Bertz CT molecular complexity index is 748. The van der Waals surface area contributed by atoms with Crippen molar-refractivity contribution in [2.75, 3.05) is 16.3 Å². The lowest BCUT2D eigenvalue weighted by Crippen LogP contribution is -2.10. The van der Waals surface area contributed by atoms with Crippen molar-refractivity contribution in [3.63, 3.8) is 0 Å². The fourth-order valence-electron chi connectivity index (χ4n) is 1.77. The van der Waals surface area contributed by atoms with Crippen molar-refractivity contribution in [1.29, 1.82) is 0 Å². The first-order valence-corrected chi connectivity index (χ1v) is 8.40. The number of sulfonamides is 1. The van der Waals surface area contributed by atoms with Crippen LogP contribution in [0, 0.1) is 0 Å². The molecule has 21 heavy (non-hydrogen) atoms. The van der Waals surface area contributed by atoms with Crippen molar-refractivity contribution in [2.45, 2.75) is 6.54 Å². The first-order chi connectivity index (χ1) is 9.85. The largest absolute Gasteiger partial charge is 0.508 e. The highest BCUT2D eigenvalue weighted by Gasteiger charge is 2.07. The quantitative estimate of drug-likeness (QED) is 0.789. The summed E-state index contributed by atoms with van der Waals surface area (Å²) in [5, 5.41) is 13.1. The summed E-state index contributed by atoms with van der Waals surface area (Å²) in [4.78, 5) is 0. The molecule has 0 radical (unpaired) electrons. The monoisotopic (exact) mass is 326 g/mol. The van der Waals surface area contributed by atoms with Crippen molar-refractivity contribution < 1.29 is 13.5 Å². The lowest BCUT2D eigenvalue weighted by atomic mass is 10.2. The molecule has 0 saturated carbocycles. The van der Waals surface area contributed by atoms with Gasteiger partial charge in [0.1, 0.15) is 5.75 Å². The van der Waals surface area contributed by atoms with Crippen LogP contribution in [0.5, 0.6) is 5.75 Å². The average molecular weight is 327 g/mol. The second-order valence-electron chi connectivity index (χ2n) is 4.55. The number of nitrogens with one attached hydrogen (secondary N) is 2. The molecule has 0 aliphatic carbocycles. The number of hydrogen-bond donors (Lipinski definition) is 3. The van der Waals surface area contributed by atoms with Crippen LogP contribution in [0.15, 0.2) is 42.5 Å². The van der Waals surface area contributed by atoms with Crippen LogP contribution in [-0.2, 0) is 16.6 Å². The predicted molar refractivity (Wildman–Crippen MR) is 85.4 cm³/mol. The average Bonchev–Trinajstić information content (AvgIpc) is 2.39. The molecule has 0 amide bonds. The Balaban J connectivity index is 2.09. The molecule has 0 atom stereocenters. The minimum atomic E-state index is -3.36. The van der Waals surface area contributed by atoms with Gasteiger partial charge in [-0.25, -0.2) is 8.42 Å². The van der Waals surface area contributed by atoms with Gasteiger partial charge in [-0.05, 0) is 24.3 Å². The van der Waals surface area contributed by atoms with Crippen LogP contribution < -0.4 is 10.0 Å². The first kappa shape index (κ1) is 15.5. The Labute approximate surface area is 128 Å². The van der Waals surface area contributed by atoms with Gasteiger partial charge in [0.2, 0.25) is 10.0 Å². The van der Waals surface area contributed by atoms with Crippen LogP contribution in [0.1, 0.15) is 5.56 Å². The van der Waals surface area contributed by atoms with Gasteiger partial charge in [-0.2, -0.15) is 0 Å². The summed E-state index contributed by atoms with van der Waals surface area (Å²) in [6.07, 6.45) is 1.06. The third-order valence-corrected chi connectivity index (χ3v) is 3.64. The van der Waals surface area contributed by atoms with Crippen LogP contribution in [-0.4, -0.2) is 19.8 Å². The number of aromatic hydroxyl groups is 1. The molecule has 0 unspecified atom stereocenters. The first-order valence-electron chi connectivity index (χ1n) is 6.13. The van der Waals surface area contributed by atoms with E-state index in [-0.39, 0.29) is 5.75 Å². The van der Waals surface area contributed by atoms with Gasteiger partial charge in [0.15, 0.2) is 0 Å². The minimum absolute atomic E-state index is 0.214. The number of benzene rings is 2. The van der Waals surface area contributed by atoms with Crippen molar-refractivity contribution in [2.24, 2.45) is 0 Å². The summed E-state index contributed by atoms with van der Waals surface area (Å²) < 4.78 is 24.7. The van der Waals surface area contributed by atoms with Gasteiger partial charge in [-0.15, -0.1) is 0 Å². The maximum absolute atomic E-state index is 11.2. The maximum atomic E-state index is 11.2. The summed E-state index contributed by atoms with van der Waals surface area (Å²) in [6, 6.07) is 11.9. The van der Waals surface area contributed by atoms with Crippen molar-refractivity contribution in [3.8, 4) is 5.75 Å². The molecule has 2 aromatic carbocycles. The minimum Gasteiger partial charge on any atom is -0.508 e. The standard InChI is InChI=1S/C14H15ClN2O3S/c1-21(19,20)17-13-7-6-11(8-12(13)15)16-9-10-4-2-3-5-14(10)18/h2-8,16-18H,9H2,1H3. The molecular formula is C14H15ClN2O3S. The summed E-state index contributed by atoms with van der Waals surface area (Å²) in [5.74, 6) is 0.214. The molecule has 0 bridgehead atoms. The zero-order valence-electron chi connectivity index (χ0n) is 11.3. The number of para-hydroxylation sites is 1. The highest BCUT2D eigenvalue weighted by molar-refractivity contribution is 7.92. The molecule has 5 nitrogen and oxygen atoms in total. The number of hydrogen-bond acceptors (Lipinski definition) is 4. The van der Waals surface area contributed by atoms with E-state index in [0.717, 1.165) is 17.5 Å². The molecule has 2 rings (SSSR count). The van der Waals surface area contributed by atoms with E-state index in [2.05, 4.69) is 10.0 Å². The van der Waals surface area contributed by atoms with Gasteiger partial charge in [0, 0.05) is 17.8 Å². The SMILES string of the molecule is CS(=O)(=O)Nc1ccc(NCc2ccccc2O)cc1Cl. The lowest BCUT2D eigenvalue weighted by Gasteiger charge is -2.11. The number of anilines is 2. The maximum Gasteiger partial charge on any atom is 0.229 e. The molecule has 0 saturated heterocycles. The van der Waals surface area contributed by atoms with E-state index >= 15 is 0 Å². The van der Waals surface area contributed by atoms with Crippen molar-refractivity contribution in [1.82, 2.24) is 0 Å². The van der Waals surface area contributed by atoms with E-state index in [9.17, 15) is 13.5 Å². The van der Waals surface area contributed by atoms with Crippen LogP contribution in [0.3, 0.4) is 0 Å². The fraction of sp³-hybridized carbons (Fsp3) is 0.143. The van der Waals surface area contributed by atoms with E-state index in [1.54, 1.807) is 30.3 Å². The van der Waals surface area contributed by atoms with Gasteiger partial charge in [0.25, 0.3) is 0 Å². The van der Waals surface area contributed by atoms with Gasteiger partial charge >= 0.3 is 0 Å². The van der Waals surface area contributed by atoms with Gasteiger partial charge in [-0.3, -0.25) is 4.72 Å². The third kappa shape index (κ3) is 4.54. The van der Waals surface area contributed by atoms with Crippen LogP contribution in [0.2, 0.25) is 5.02 Å². The molecule has 7 heteroatoms. The van der Waals surface area contributed by atoms with Crippen molar-refractivity contribution >= 4 is 33.0 Å². The fourth-order valence-corrected chi connectivity index (χ4v) is 2.63. The predicted octanol–water partition coefficient (Wildman–Crippen LogP) is 3.03. The number of halogens is 1. The molecular weight excluding hydrogens is 312 g/mol. The Morgan fingerprint density at radius 1 is 1.19 bits per heavy atom. The molecule has 0 spiro atoms. The van der Waals surface area contributed by atoms with Crippen LogP contribution >= 0.6 is 11.6 Å². The molecule has 2 aromatic rings. The van der Waals surface area contributed by atoms with Gasteiger partial charge < -0.3 is 10.4 Å². The Hall–Kier alpha value is -1.92. The number of rotatable bonds is 5. The van der Waals surface area contributed by atoms with Crippen LogP contribution in [0.4, 0.5) is 11.4 Å². The second-order valence-corrected chi connectivity index (χ2v) is 6.71.